The number of hydrogen-bond donors (Lipinski definition) is 2. The summed E-state index contributed by atoms with van der Waals surface area (Å²) in [7, 11) is 1.69. The Morgan fingerprint density at radius 1 is 1.15 bits per heavy atom. The second-order valence-electron chi connectivity index (χ2n) is 6.20. The largest absolute Gasteiger partial charge is 0.384 e. The zero-order chi connectivity index (χ0) is 18.4. The Morgan fingerprint density at radius 3 is 2.69 bits per heavy atom. The van der Waals surface area contributed by atoms with Gasteiger partial charge >= 0.3 is 0 Å². The van der Waals surface area contributed by atoms with Crippen LogP contribution in [0, 0.1) is 0 Å². The van der Waals surface area contributed by atoms with E-state index in [0.717, 1.165) is 28.4 Å². The standard InChI is InChI=1S/C21H23N3O2/c1-26-11-9-15-2-4-16(5-3-15)20(13-22)21(25)24-19-7-6-18-14-23-10-8-17(18)12-19/h2-8,10,12,14,20H,9,11,13,22H2,1H3,(H,24,25)/t20-/m1/s1. The topological polar surface area (TPSA) is 77.2 Å². The number of benzene rings is 2. The highest BCUT2D eigenvalue weighted by Gasteiger charge is 2.19. The molecule has 3 N–H and O–H groups in total. The molecule has 3 rings (SSSR count). The molecule has 0 saturated heterocycles. The van der Waals surface area contributed by atoms with Crippen molar-refractivity contribution in [2.45, 2.75) is 12.3 Å². The number of nitrogens with zero attached hydrogens (tertiary/aromatic N) is 1. The molecule has 5 heteroatoms. The van der Waals surface area contributed by atoms with Gasteiger partial charge in [0.05, 0.1) is 12.5 Å². The number of carbonyl (C=O) groups is 1. The van der Waals surface area contributed by atoms with E-state index >= 15 is 0 Å². The molecule has 0 aliphatic heterocycles. The minimum Gasteiger partial charge on any atom is -0.384 e. The van der Waals surface area contributed by atoms with Crippen molar-refractivity contribution in [3.63, 3.8) is 0 Å². The number of nitrogens with one attached hydrogen (secondary N) is 1. The smallest absolute Gasteiger partial charge is 0.233 e. The minimum atomic E-state index is -0.389. The van der Waals surface area contributed by atoms with E-state index in [4.69, 9.17) is 10.5 Å². The second kappa shape index (κ2) is 8.56. The molecule has 0 unspecified atom stereocenters. The van der Waals surface area contributed by atoms with Crippen molar-refractivity contribution >= 4 is 22.4 Å². The number of pyridine rings is 1. The highest BCUT2D eigenvalue weighted by molar-refractivity contribution is 5.98. The molecule has 1 aromatic heterocycles. The molecule has 0 aliphatic rings. The number of aromatic nitrogens is 1. The summed E-state index contributed by atoms with van der Waals surface area (Å²) in [5.41, 5.74) is 8.72. The van der Waals surface area contributed by atoms with Crippen LogP contribution in [0.25, 0.3) is 10.8 Å². The van der Waals surface area contributed by atoms with Crippen molar-refractivity contribution in [3.05, 3.63) is 72.1 Å². The molecule has 1 atom stereocenters. The van der Waals surface area contributed by atoms with Crippen molar-refractivity contribution in [2.75, 3.05) is 25.6 Å². The summed E-state index contributed by atoms with van der Waals surface area (Å²) in [4.78, 5) is 16.8. The molecular formula is C21H23N3O2. The zero-order valence-corrected chi connectivity index (χ0v) is 14.8. The summed E-state index contributed by atoms with van der Waals surface area (Å²) >= 11 is 0. The highest BCUT2D eigenvalue weighted by Crippen LogP contribution is 2.21. The summed E-state index contributed by atoms with van der Waals surface area (Å²) in [5, 5.41) is 5.04. The first-order chi connectivity index (χ1) is 12.7. The van der Waals surface area contributed by atoms with Crippen LogP contribution in [0.2, 0.25) is 0 Å². The maximum atomic E-state index is 12.7. The van der Waals surface area contributed by atoms with Crippen LogP contribution in [0.3, 0.4) is 0 Å². The predicted octanol–water partition coefficient (Wildman–Crippen LogP) is 3.10. The van der Waals surface area contributed by atoms with E-state index in [1.54, 1.807) is 19.5 Å². The molecule has 26 heavy (non-hydrogen) atoms. The van der Waals surface area contributed by atoms with Crippen molar-refractivity contribution in [2.24, 2.45) is 5.73 Å². The van der Waals surface area contributed by atoms with Gasteiger partial charge in [-0.25, -0.2) is 0 Å². The molecule has 1 amide bonds. The lowest BCUT2D eigenvalue weighted by Gasteiger charge is -2.16. The number of nitrogens with two attached hydrogens (primary N) is 1. The molecule has 1 heterocycles. The van der Waals surface area contributed by atoms with Crippen LogP contribution >= 0.6 is 0 Å². The van der Waals surface area contributed by atoms with Gasteiger partial charge in [0.2, 0.25) is 5.91 Å². The number of hydrogen-bond acceptors (Lipinski definition) is 4. The zero-order valence-electron chi connectivity index (χ0n) is 14.8. The first kappa shape index (κ1) is 18.0. The third-order valence-corrected chi connectivity index (χ3v) is 4.44. The average molecular weight is 349 g/mol. The van der Waals surface area contributed by atoms with E-state index in [1.165, 1.54) is 5.56 Å². The van der Waals surface area contributed by atoms with Crippen LogP contribution in [0.1, 0.15) is 17.0 Å². The number of carbonyl (C=O) groups excluding carboxylic acids is 1. The van der Waals surface area contributed by atoms with E-state index in [0.29, 0.717) is 6.61 Å². The quantitative estimate of drug-likeness (QED) is 0.687. The van der Waals surface area contributed by atoms with Gasteiger partial charge in [0.25, 0.3) is 0 Å². The summed E-state index contributed by atoms with van der Waals surface area (Å²) < 4.78 is 5.09. The molecule has 0 saturated carbocycles. The molecule has 134 valence electrons. The van der Waals surface area contributed by atoms with E-state index in [1.807, 2.05) is 48.5 Å². The van der Waals surface area contributed by atoms with E-state index in [9.17, 15) is 4.79 Å². The van der Waals surface area contributed by atoms with Gasteiger partial charge in [-0.1, -0.05) is 30.3 Å². The Morgan fingerprint density at radius 2 is 1.96 bits per heavy atom. The van der Waals surface area contributed by atoms with Gasteiger partial charge in [0.1, 0.15) is 0 Å². The van der Waals surface area contributed by atoms with E-state index < -0.39 is 0 Å². The molecule has 0 fully saturated rings. The first-order valence-electron chi connectivity index (χ1n) is 8.63. The maximum absolute atomic E-state index is 12.7. The van der Waals surface area contributed by atoms with Crippen LogP contribution < -0.4 is 11.1 Å². The normalized spacial score (nSPS) is 12.1. The monoisotopic (exact) mass is 349 g/mol. The average Bonchev–Trinajstić information content (AvgIpc) is 2.68. The fourth-order valence-electron chi connectivity index (χ4n) is 2.92. The molecule has 0 bridgehead atoms. The first-order valence-corrected chi connectivity index (χ1v) is 8.63. The SMILES string of the molecule is COCCc1ccc([C@@H](CN)C(=O)Nc2ccc3cnccc3c2)cc1. The van der Waals surface area contributed by atoms with Crippen molar-refractivity contribution in [1.82, 2.24) is 4.98 Å². The van der Waals surface area contributed by atoms with Gasteiger partial charge in [0.15, 0.2) is 0 Å². The van der Waals surface area contributed by atoms with E-state index in [2.05, 4.69) is 10.3 Å². The Labute approximate surface area is 153 Å². The summed E-state index contributed by atoms with van der Waals surface area (Å²) in [6.07, 6.45) is 4.39. The fraction of sp³-hybridized carbons (Fsp3) is 0.238. The Hall–Kier alpha value is -2.76. The van der Waals surface area contributed by atoms with Crippen LogP contribution in [-0.4, -0.2) is 31.2 Å². The van der Waals surface area contributed by atoms with E-state index in [-0.39, 0.29) is 18.4 Å². The number of methoxy groups -OCH3 is 1. The van der Waals surface area contributed by atoms with Gasteiger partial charge in [-0.15, -0.1) is 0 Å². The predicted molar refractivity (Wildman–Crippen MR) is 104 cm³/mol. The lowest BCUT2D eigenvalue weighted by molar-refractivity contribution is -0.117. The van der Waals surface area contributed by atoms with Gasteiger partial charge < -0.3 is 15.8 Å². The van der Waals surface area contributed by atoms with Gasteiger partial charge in [-0.2, -0.15) is 0 Å². The van der Waals surface area contributed by atoms with Crippen LogP contribution in [0.15, 0.2) is 60.9 Å². The Bertz CT molecular complexity index is 878. The Kier molecular flexibility index (Phi) is 5.94. The van der Waals surface area contributed by atoms with Crippen LogP contribution in [0.5, 0.6) is 0 Å². The van der Waals surface area contributed by atoms with Gasteiger partial charge in [0, 0.05) is 37.1 Å². The molecule has 0 radical (unpaired) electrons. The summed E-state index contributed by atoms with van der Waals surface area (Å²) in [6, 6.07) is 15.7. The van der Waals surface area contributed by atoms with Crippen molar-refractivity contribution in [1.29, 1.82) is 0 Å². The molecule has 3 aromatic rings. The maximum Gasteiger partial charge on any atom is 0.233 e. The number of amides is 1. The third kappa shape index (κ3) is 4.25. The molecule has 2 aromatic carbocycles. The van der Waals surface area contributed by atoms with Crippen LogP contribution in [0.4, 0.5) is 5.69 Å². The van der Waals surface area contributed by atoms with Crippen LogP contribution in [-0.2, 0) is 16.0 Å². The minimum absolute atomic E-state index is 0.106. The molecular weight excluding hydrogens is 326 g/mol. The van der Waals surface area contributed by atoms with Crippen molar-refractivity contribution < 1.29 is 9.53 Å². The lowest BCUT2D eigenvalue weighted by Crippen LogP contribution is -2.27. The van der Waals surface area contributed by atoms with Gasteiger partial charge in [-0.05, 0) is 41.1 Å². The Balaban J connectivity index is 1.73. The molecule has 5 nitrogen and oxygen atoms in total. The molecule has 0 aliphatic carbocycles. The second-order valence-corrected chi connectivity index (χ2v) is 6.20. The fourth-order valence-corrected chi connectivity index (χ4v) is 2.92. The highest BCUT2D eigenvalue weighted by atomic mass is 16.5. The third-order valence-electron chi connectivity index (χ3n) is 4.44. The van der Waals surface area contributed by atoms with Gasteiger partial charge in [-0.3, -0.25) is 9.78 Å². The summed E-state index contributed by atoms with van der Waals surface area (Å²) in [5.74, 6) is -0.495. The summed E-state index contributed by atoms with van der Waals surface area (Å²) in [6.45, 7) is 0.929. The number of ether oxygens (including phenoxy) is 1. The molecule has 0 spiro atoms. The lowest BCUT2D eigenvalue weighted by atomic mass is 9.96. The van der Waals surface area contributed by atoms with Crippen molar-refractivity contribution in [3.8, 4) is 0 Å². The number of rotatable bonds is 7. The number of fused-ring (bicyclic) bond motifs is 1. The number of anilines is 1.